The lowest BCUT2D eigenvalue weighted by atomic mass is 9.78. The lowest BCUT2D eigenvalue weighted by molar-refractivity contribution is -0.0295. The van der Waals surface area contributed by atoms with Gasteiger partial charge in [-0.3, -0.25) is 4.68 Å². The van der Waals surface area contributed by atoms with Gasteiger partial charge in [-0.05, 0) is 13.8 Å². The molecule has 0 bridgehead atoms. The zero-order valence-electron chi connectivity index (χ0n) is 8.27. The molecule has 1 aromatic heterocycles. The van der Waals surface area contributed by atoms with Gasteiger partial charge in [-0.15, -0.1) is 0 Å². The van der Waals surface area contributed by atoms with Crippen molar-refractivity contribution in [2.45, 2.75) is 19.9 Å². The minimum atomic E-state index is -1.44. The summed E-state index contributed by atoms with van der Waals surface area (Å²) in [5.41, 5.74) is 1.99. The molecule has 1 aliphatic rings. The predicted octanol–water partition coefficient (Wildman–Crippen LogP) is -1.25. The van der Waals surface area contributed by atoms with E-state index in [0.717, 1.165) is 5.69 Å². The molecule has 6 heteroatoms. The molecule has 1 saturated heterocycles. The van der Waals surface area contributed by atoms with Gasteiger partial charge in [-0.1, -0.05) is 0 Å². The highest BCUT2D eigenvalue weighted by Gasteiger charge is 2.28. The second kappa shape index (κ2) is 3.38. The Morgan fingerprint density at radius 2 is 2.07 bits per heavy atom. The Balaban J connectivity index is 2.38. The van der Waals surface area contributed by atoms with Crippen molar-refractivity contribution < 1.29 is 14.8 Å². The Bertz CT molecular complexity index is 347. The Morgan fingerprint density at radius 1 is 1.43 bits per heavy atom. The summed E-state index contributed by atoms with van der Waals surface area (Å²) >= 11 is 0. The van der Waals surface area contributed by atoms with Crippen LogP contribution in [0.4, 0.5) is 0 Å². The molecule has 0 radical (unpaired) electrons. The first-order valence-electron chi connectivity index (χ1n) is 4.60. The highest BCUT2D eigenvalue weighted by molar-refractivity contribution is 6.59. The first-order valence-corrected chi connectivity index (χ1v) is 4.60. The highest BCUT2D eigenvalue weighted by atomic mass is 16.5. The molecular weight excluding hydrogens is 183 g/mol. The first-order chi connectivity index (χ1) is 6.61. The Hall–Kier alpha value is -0.845. The number of aryl methyl sites for hydroxylation is 1. The van der Waals surface area contributed by atoms with E-state index >= 15 is 0 Å². The summed E-state index contributed by atoms with van der Waals surface area (Å²) in [7, 11) is -1.44. The zero-order chi connectivity index (χ0) is 10.3. The molecular formula is C8H13BN2O3. The summed E-state index contributed by atoms with van der Waals surface area (Å²) in [5.74, 6) is 0. The smallest absolute Gasteiger partial charge is 0.423 e. The largest absolute Gasteiger partial charge is 0.492 e. The third-order valence-electron chi connectivity index (χ3n) is 2.61. The molecule has 5 nitrogen and oxygen atoms in total. The quantitative estimate of drug-likeness (QED) is 0.580. The average molecular weight is 196 g/mol. The third-order valence-corrected chi connectivity index (χ3v) is 2.61. The fraction of sp³-hybridized carbons (Fsp3) is 0.625. The zero-order valence-corrected chi connectivity index (χ0v) is 8.27. The average Bonchev–Trinajstić information content (AvgIpc) is 2.23. The van der Waals surface area contributed by atoms with Crippen molar-refractivity contribution in [1.82, 2.24) is 9.78 Å². The van der Waals surface area contributed by atoms with E-state index in [4.69, 9.17) is 14.8 Å². The minimum absolute atomic E-state index is 0.251. The Morgan fingerprint density at radius 3 is 2.43 bits per heavy atom. The molecule has 0 saturated carbocycles. The number of hydrogen-bond donors (Lipinski definition) is 2. The highest BCUT2D eigenvalue weighted by Crippen LogP contribution is 2.18. The SMILES string of the molecule is Cc1nn(C2COC2)c(C)c1B(O)O. The number of nitrogens with zero attached hydrogens (tertiary/aromatic N) is 2. The van der Waals surface area contributed by atoms with Crippen molar-refractivity contribution in [3.8, 4) is 0 Å². The van der Waals surface area contributed by atoms with Gasteiger partial charge >= 0.3 is 7.12 Å². The van der Waals surface area contributed by atoms with Crippen molar-refractivity contribution in [3.05, 3.63) is 11.4 Å². The van der Waals surface area contributed by atoms with E-state index in [1.165, 1.54) is 0 Å². The number of rotatable bonds is 2. The molecule has 1 aromatic rings. The monoisotopic (exact) mass is 196 g/mol. The standard InChI is InChI=1S/C8H13BN2O3/c1-5-8(9(12)13)6(2)11(10-5)7-3-14-4-7/h7,12-13H,3-4H2,1-2H3. The molecule has 0 aliphatic carbocycles. The van der Waals surface area contributed by atoms with E-state index in [1.54, 1.807) is 6.92 Å². The van der Waals surface area contributed by atoms with Crippen LogP contribution in [0, 0.1) is 13.8 Å². The van der Waals surface area contributed by atoms with Crippen LogP contribution in [0.25, 0.3) is 0 Å². The summed E-state index contributed by atoms with van der Waals surface area (Å²) in [5, 5.41) is 22.6. The molecule has 1 aliphatic heterocycles. The fourth-order valence-corrected chi connectivity index (χ4v) is 1.77. The van der Waals surface area contributed by atoms with E-state index in [0.29, 0.717) is 24.4 Å². The number of hydrogen-bond acceptors (Lipinski definition) is 4. The van der Waals surface area contributed by atoms with Crippen LogP contribution in [0.1, 0.15) is 17.4 Å². The van der Waals surface area contributed by atoms with Gasteiger partial charge < -0.3 is 14.8 Å². The number of aromatic nitrogens is 2. The third kappa shape index (κ3) is 1.35. The van der Waals surface area contributed by atoms with Crippen molar-refractivity contribution in [1.29, 1.82) is 0 Å². The van der Waals surface area contributed by atoms with E-state index in [-0.39, 0.29) is 6.04 Å². The molecule has 2 N–H and O–H groups in total. The van der Waals surface area contributed by atoms with Crippen LogP contribution in [-0.4, -0.2) is 40.2 Å². The summed E-state index contributed by atoms with van der Waals surface area (Å²) < 4.78 is 6.88. The minimum Gasteiger partial charge on any atom is -0.423 e. The molecule has 2 heterocycles. The maximum absolute atomic E-state index is 9.14. The summed E-state index contributed by atoms with van der Waals surface area (Å²) in [6, 6.07) is 0.251. The van der Waals surface area contributed by atoms with Gasteiger partial charge in [-0.2, -0.15) is 5.10 Å². The molecule has 0 spiro atoms. The Labute approximate surface area is 82.5 Å². The summed E-state index contributed by atoms with van der Waals surface area (Å²) in [4.78, 5) is 0. The lowest BCUT2D eigenvalue weighted by Crippen LogP contribution is -2.36. The van der Waals surface area contributed by atoms with Crippen LogP contribution in [0.3, 0.4) is 0 Å². The summed E-state index contributed by atoms with van der Waals surface area (Å²) in [6.45, 7) is 4.93. The van der Waals surface area contributed by atoms with Crippen LogP contribution >= 0.6 is 0 Å². The molecule has 0 unspecified atom stereocenters. The summed E-state index contributed by atoms with van der Waals surface area (Å²) in [6.07, 6.45) is 0. The second-order valence-corrected chi connectivity index (χ2v) is 3.59. The molecule has 0 amide bonds. The molecule has 1 fully saturated rings. The van der Waals surface area contributed by atoms with Crippen molar-refractivity contribution in [2.24, 2.45) is 0 Å². The molecule has 0 atom stereocenters. The molecule has 14 heavy (non-hydrogen) atoms. The normalized spacial score (nSPS) is 16.9. The fourth-order valence-electron chi connectivity index (χ4n) is 1.77. The van der Waals surface area contributed by atoms with E-state index in [1.807, 2.05) is 11.6 Å². The maximum atomic E-state index is 9.14. The van der Waals surface area contributed by atoms with Gasteiger partial charge in [0.05, 0.1) is 24.9 Å². The molecule has 76 valence electrons. The molecule has 0 aromatic carbocycles. The van der Waals surface area contributed by atoms with Gasteiger partial charge in [0.25, 0.3) is 0 Å². The number of ether oxygens (including phenoxy) is 1. The van der Waals surface area contributed by atoms with Gasteiger partial charge in [-0.25, -0.2) is 0 Å². The van der Waals surface area contributed by atoms with Crippen LogP contribution in [0.2, 0.25) is 0 Å². The van der Waals surface area contributed by atoms with Crippen LogP contribution in [0.15, 0.2) is 0 Å². The van der Waals surface area contributed by atoms with Crippen LogP contribution in [-0.2, 0) is 4.74 Å². The predicted molar refractivity (Wildman–Crippen MR) is 51.4 cm³/mol. The van der Waals surface area contributed by atoms with E-state index in [2.05, 4.69) is 5.10 Å². The van der Waals surface area contributed by atoms with Crippen LogP contribution < -0.4 is 5.46 Å². The van der Waals surface area contributed by atoms with E-state index in [9.17, 15) is 0 Å². The Kier molecular flexibility index (Phi) is 2.34. The van der Waals surface area contributed by atoms with Crippen LogP contribution in [0.5, 0.6) is 0 Å². The lowest BCUT2D eigenvalue weighted by Gasteiger charge is -2.27. The van der Waals surface area contributed by atoms with Gasteiger partial charge in [0.15, 0.2) is 0 Å². The van der Waals surface area contributed by atoms with E-state index < -0.39 is 7.12 Å². The van der Waals surface area contributed by atoms with Gasteiger partial charge in [0.1, 0.15) is 0 Å². The van der Waals surface area contributed by atoms with Gasteiger partial charge in [0.2, 0.25) is 0 Å². The topological polar surface area (TPSA) is 67.5 Å². The van der Waals surface area contributed by atoms with Crippen molar-refractivity contribution >= 4 is 12.6 Å². The molecule has 2 rings (SSSR count). The van der Waals surface area contributed by atoms with Gasteiger partial charge in [0, 0.05) is 11.2 Å². The van der Waals surface area contributed by atoms with Crippen molar-refractivity contribution in [3.63, 3.8) is 0 Å². The maximum Gasteiger partial charge on any atom is 0.492 e. The first kappa shape index (κ1) is 9.70. The second-order valence-electron chi connectivity index (χ2n) is 3.59. The van der Waals surface area contributed by atoms with Crippen molar-refractivity contribution in [2.75, 3.05) is 13.2 Å².